The van der Waals surface area contributed by atoms with E-state index in [9.17, 15) is 22.8 Å². The van der Waals surface area contributed by atoms with Crippen LogP contribution in [0.2, 0.25) is 0 Å². The summed E-state index contributed by atoms with van der Waals surface area (Å²) in [7, 11) is 0. The summed E-state index contributed by atoms with van der Waals surface area (Å²) in [4.78, 5) is 30.4. The number of benzene rings is 1. The molecule has 5 nitrogen and oxygen atoms in total. The van der Waals surface area contributed by atoms with Crippen LogP contribution < -0.4 is 9.64 Å². The second-order valence-electron chi connectivity index (χ2n) is 8.04. The Bertz CT molecular complexity index is 1020. The van der Waals surface area contributed by atoms with Crippen molar-refractivity contribution in [3.63, 3.8) is 0 Å². The van der Waals surface area contributed by atoms with Crippen LogP contribution in [0, 0.1) is 11.8 Å². The summed E-state index contributed by atoms with van der Waals surface area (Å²) >= 11 is 1.35. The Morgan fingerprint density at radius 2 is 1.74 bits per heavy atom. The molecule has 0 spiro atoms. The first-order valence-corrected chi connectivity index (χ1v) is 10.8. The average molecular weight is 450 g/mol. The number of alkyl halides is 3. The molecular formula is C22H21F3N2O3S. The molecule has 2 aromatic rings. The SMILES string of the molecule is CC1CC(C)CN(C2=C(c3cccs3)C(=O)N(c3cccc(OC(F)(F)F)c3)C2=O)C1. The number of hydrogen-bond donors (Lipinski definition) is 0. The van der Waals surface area contributed by atoms with Crippen molar-refractivity contribution in [2.24, 2.45) is 11.8 Å². The van der Waals surface area contributed by atoms with Crippen LogP contribution >= 0.6 is 11.3 Å². The van der Waals surface area contributed by atoms with Gasteiger partial charge in [-0.15, -0.1) is 24.5 Å². The van der Waals surface area contributed by atoms with E-state index in [-0.39, 0.29) is 5.69 Å². The summed E-state index contributed by atoms with van der Waals surface area (Å²) in [6.45, 7) is 5.48. The number of halogens is 3. The fourth-order valence-electron chi connectivity index (χ4n) is 4.35. The monoisotopic (exact) mass is 450 g/mol. The maximum absolute atomic E-state index is 13.5. The van der Waals surface area contributed by atoms with Gasteiger partial charge in [-0.1, -0.05) is 26.0 Å². The van der Waals surface area contributed by atoms with Crippen molar-refractivity contribution in [2.45, 2.75) is 26.6 Å². The molecule has 2 aliphatic heterocycles. The lowest BCUT2D eigenvalue weighted by molar-refractivity contribution is -0.274. The van der Waals surface area contributed by atoms with Crippen molar-refractivity contribution in [1.82, 2.24) is 4.90 Å². The molecule has 164 valence electrons. The van der Waals surface area contributed by atoms with Gasteiger partial charge in [-0.05, 0) is 41.8 Å². The highest BCUT2D eigenvalue weighted by Crippen LogP contribution is 2.39. The minimum atomic E-state index is -4.87. The second-order valence-corrected chi connectivity index (χ2v) is 8.99. The van der Waals surface area contributed by atoms with Crippen molar-refractivity contribution < 1.29 is 27.5 Å². The molecule has 0 aliphatic carbocycles. The number of anilines is 1. The third-order valence-corrected chi connectivity index (χ3v) is 6.21. The molecule has 31 heavy (non-hydrogen) atoms. The number of piperidine rings is 1. The Kier molecular flexibility index (Phi) is 5.55. The zero-order valence-corrected chi connectivity index (χ0v) is 17.8. The predicted molar refractivity (Wildman–Crippen MR) is 111 cm³/mol. The standard InChI is InChI=1S/C22H21F3N2O3S/c1-13-9-14(2)12-26(11-13)19-18(17-7-4-8-31-17)20(28)27(21(19)29)15-5-3-6-16(10-15)30-22(23,24)25/h3-8,10,13-14H,9,11-12H2,1-2H3. The lowest BCUT2D eigenvalue weighted by Gasteiger charge is -2.37. The van der Waals surface area contributed by atoms with Crippen LogP contribution in [0.3, 0.4) is 0 Å². The van der Waals surface area contributed by atoms with Crippen LogP contribution in [0.1, 0.15) is 25.1 Å². The number of carbonyl (C=O) groups excluding carboxylic acids is 2. The summed E-state index contributed by atoms with van der Waals surface area (Å²) in [5.74, 6) is -0.865. The smallest absolute Gasteiger partial charge is 0.406 e. The maximum atomic E-state index is 13.5. The largest absolute Gasteiger partial charge is 0.573 e. The molecular weight excluding hydrogens is 429 g/mol. The van der Waals surface area contributed by atoms with Gasteiger partial charge in [-0.2, -0.15) is 0 Å². The van der Waals surface area contributed by atoms with Gasteiger partial charge in [0, 0.05) is 24.0 Å². The van der Waals surface area contributed by atoms with E-state index in [1.807, 2.05) is 10.3 Å². The van der Waals surface area contributed by atoms with E-state index < -0.39 is 23.9 Å². The van der Waals surface area contributed by atoms with Gasteiger partial charge in [0.15, 0.2) is 0 Å². The molecule has 2 unspecified atom stereocenters. The summed E-state index contributed by atoms with van der Waals surface area (Å²) < 4.78 is 41.9. The summed E-state index contributed by atoms with van der Waals surface area (Å²) in [6.07, 6.45) is -3.84. The fourth-order valence-corrected chi connectivity index (χ4v) is 5.12. The van der Waals surface area contributed by atoms with Gasteiger partial charge < -0.3 is 9.64 Å². The van der Waals surface area contributed by atoms with E-state index >= 15 is 0 Å². The van der Waals surface area contributed by atoms with E-state index in [1.165, 1.54) is 23.5 Å². The van der Waals surface area contributed by atoms with Crippen LogP contribution in [0.15, 0.2) is 47.5 Å². The van der Waals surface area contributed by atoms with Gasteiger partial charge in [-0.25, -0.2) is 4.90 Å². The number of ether oxygens (including phenoxy) is 1. The second kappa shape index (κ2) is 8.03. The lowest BCUT2D eigenvalue weighted by atomic mass is 9.91. The Labute approximate surface area is 181 Å². The van der Waals surface area contributed by atoms with Crippen LogP contribution in [0.5, 0.6) is 5.75 Å². The molecule has 3 heterocycles. The molecule has 2 amide bonds. The Balaban J connectivity index is 1.75. The Morgan fingerprint density at radius 1 is 1.03 bits per heavy atom. The number of imide groups is 1. The highest BCUT2D eigenvalue weighted by molar-refractivity contribution is 7.11. The maximum Gasteiger partial charge on any atom is 0.573 e. The van der Waals surface area contributed by atoms with Gasteiger partial charge in [0.1, 0.15) is 11.4 Å². The molecule has 1 aromatic heterocycles. The predicted octanol–water partition coefficient (Wildman–Crippen LogP) is 4.91. The number of thiophene rings is 1. The first kappa shape index (κ1) is 21.4. The zero-order valence-electron chi connectivity index (χ0n) is 17.0. The summed E-state index contributed by atoms with van der Waals surface area (Å²) in [5.41, 5.74) is 0.648. The molecule has 0 bridgehead atoms. The zero-order chi connectivity index (χ0) is 22.3. The van der Waals surface area contributed by atoms with Crippen molar-refractivity contribution in [3.05, 3.63) is 52.4 Å². The fraction of sp³-hybridized carbons (Fsp3) is 0.364. The molecule has 1 fully saturated rings. The van der Waals surface area contributed by atoms with Crippen molar-refractivity contribution in [1.29, 1.82) is 0 Å². The van der Waals surface area contributed by atoms with Gasteiger partial charge in [-0.3, -0.25) is 9.59 Å². The molecule has 0 N–H and O–H groups in total. The third kappa shape index (κ3) is 4.32. The molecule has 1 saturated heterocycles. The number of likely N-dealkylation sites (tertiary alicyclic amines) is 1. The third-order valence-electron chi connectivity index (χ3n) is 5.32. The van der Waals surface area contributed by atoms with Crippen molar-refractivity contribution >= 4 is 34.4 Å². The van der Waals surface area contributed by atoms with E-state index in [4.69, 9.17) is 0 Å². The van der Waals surface area contributed by atoms with E-state index in [2.05, 4.69) is 18.6 Å². The number of nitrogens with zero attached hydrogens (tertiary/aromatic N) is 2. The van der Waals surface area contributed by atoms with Crippen LogP contribution in [0.25, 0.3) is 5.57 Å². The topological polar surface area (TPSA) is 49.9 Å². The normalized spacial score (nSPS) is 22.5. The number of hydrogen-bond acceptors (Lipinski definition) is 5. The number of rotatable bonds is 4. The summed E-state index contributed by atoms with van der Waals surface area (Å²) in [5, 5.41) is 1.82. The van der Waals surface area contributed by atoms with Gasteiger partial charge in [0.05, 0.1) is 11.3 Å². The summed E-state index contributed by atoms with van der Waals surface area (Å²) in [6, 6.07) is 8.50. The van der Waals surface area contributed by atoms with Gasteiger partial charge in [0.25, 0.3) is 11.8 Å². The lowest BCUT2D eigenvalue weighted by Crippen LogP contribution is -2.42. The Hall–Kier alpha value is -2.81. The van der Waals surface area contributed by atoms with Gasteiger partial charge >= 0.3 is 6.36 Å². The van der Waals surface area contributed by atoms with Crippen molar-refractivity contribution in [2.75, 3.05) is 18.0 Å². The minimum absolute atomic E-state index is 0.0407. The molecule has 2 aliphatic rings. The van der Waals surface area contributed by atoms with Crippen molar-refractivity contribution in [3.8, 4) is 5.75 Å². The first-order chi connectivity index (χ1) is 14.6. The van der Waals surface area contributed by atoms with E-state index in [1.54, 1.807) is 12.1 Å². The number of amides is 2. The van der Waals surface area contributed by atoms with Gasteiger partial charge in [0.2, 0.25) is 0 Å². The molecule has 4 rings (SSSR count). The quantitative estimate of drug-likeness (QED) is 0.622. The molecule has 2 atom stereocenters. The first-order valence-electron chi connectivity index (χ1n) is 9.91. The minimum Gasteiger partial charge on any atom is -0.406 e. The van der Waals surface area contributed by atoms with Crippen LogP contribution in [-0.4, -0.2) is 36.2 Å². The molecule has 1 aromatic carbocycles. The van der Waals surface area contributed by atoms with E-state index in [0.29, 0.717) is 41.1 Å². The molecule has 9 heteroatoms. The average Bonchev–Trinajstić information content (AvgIpc) is 3.25. The number of carbonyl (C=O) groups is 2. The Morgan fingerprint density at radius 3 is 2.35 bits per heavy atom. The van der Waals surface area contributed by atoms with E-state index in [0.717, 1.165) is 23.5 Å². The highest BCUT2D eigenvalue weighted by Gasteiger charge is 2.44. The molecule has 0 saturated carbocycles. The highest BCUT2D eigenvalue weighted by atomic mass is 32.1. The molecule has 0 radical (unpaired) electrons. The van der Waals surface area contributed by atoms with Crippen LogP contribution in [-0.2, 0) is 9.59 Å². The van der Waals surface area contributed by atoms with Crippen LogP contribution in [0.4, 0.5) is 18.9 Å².